The maximum absolute atomic E-state index is 12.3. The summed E-state index contributed by atoms with van der Waals surface area (Å²) in [6.45, 7) is 8.61. The Morgan fingerprint density at radius 1 is 1.10 bits per heavy atom. The highest BCUT2D eigenvalue weighted by Gasteiger charge is 2.20. The van der Waals surface area contributed by atoms with Crippen LogP contribution in [0.1, 0.15) is 33.5 Å². The minimum atomic E-state index is -0.391. The van der Waals surface area contributed by atoms with Crippen molar-refractivity contribution >= 4 is 28.6 Å². The summed E-state index contributed by atoms with van der Waals surface area (Å²) in [5, 5.41) is 9.37. The van der Waals surface area contributed by atoms with Gasteiger partial charge in [0.1, 0.15) is 17.8 Å². The topological polar surface area (TPSA) is 94.2 Å². The fourth-order valence-corrected chi connectivity index (χ4v) is 3.13. The summed E-state index contributed by atoms with van der Waals surface area (Å²) < 4.78 is 12.8. The van der Waals surface area contributed by atoms with E-state index in [9.17, 15) is 4.79 Å². The number of fused-ring (bicyclic) bond motifs is 1. The molecule has 160 valence electrons. The highest BCUT2D eigenvalue weighted by atomic mass is 16.5. The van der Waals surface area contributed by atoms with Crippen molar-refractivity contribution in [2.24, 2.45) is 0 Å². The normalized spacial score (nSPS) is 11.5. The molecule has 0 aliphatic rings. The molecular formula is C23H25N5O3. The lowest BCUT2D eigenvalue weighted by Crippen LogP contribution is -2.19. The van der Waals surface area contributed by atoms with E-state index in [2.05, 4.69) is 20.8 Å². The van der Waals surface area contributed by atoms with E-state index < -0.39 is 6.03 Å². The van der Waals surface area contributed by atoms with Crippen molar-refractivity contribution in [1.82, 2.24) is 14.7 Å². The molecule has 2 amide bonds. The molecule has 2 heterocycles. The summed E-state index contributed by atoms with van der Waals surface area (Å²) in [7, 11) is 0. The zero-order valence-corrected chi connectivity index (χ0v) is 18.0. The molecule has 0 saturated carbocycles. The van der Waals surface area contributed by atoms with Gasteiger partial charge in [0.2, 0.25) is 0 Å². The first-order valence-electron chi connectivity index (χ1n) is 10.1. The van der Waals surface area contributed by atoms with Crippen LogP contribution in [0, 0.1) is 0 Å². The number of urea groups is 1. The van der Waals surface area contributed by atoms with Crippen LogP contribution >= 0.6 is 0 Å². The molecule has 0 bridgehead atoms. The number of aromatic nitrogens is 3. The molecule has 31 heavy (non-hydrogen) atoms. The van der Waals surface area contributed by atoms with Gasteiger partial charge in [0, 0.05) is 28.9 Å². The van der Waals surface area contributed by atoms with Crippen LogP contribution in [0.15, 0.2) is 59.4 Å². The Morgan fingerprint density at radius 2 is 1.87 bits per heavy atom. The predicted molar refractivity (Wildman–Crippen MR) is 120 cm³/mol. The molecule has 0 atom stereocenters. The van der Waals surface area contributed by atoms with Crippen LogP contribution in [0.4, 0.5) is 16.3 Å². The second-order valence-corrected chi connectivity index (χ2v) is 8.15. The van der Waals surface area contributed by atoms with Crippen molar-refractivity contribution in [1.29, 1.82) is 0 Å². The average molecular weight is 419 g/mol. The molecule has 8 heteroatoms. The molecule has 0 radical (unpaired) electrons. The fraction of sp³-hybridized carbons (Fsp3) is 0.261. The summed E-state index contributed by atoms with van der Waals surface area (Å²) in [4.78, 5) is 16.7. The van der Waals surface area contributed by atoms with Crippen molar-refractivity contribution < 1.29 is 14.1 Å². The van der Waals surface area contributed by atoms with Crippen LogP contribution in [0.2, 0.25) is 0 Å². The van der Waals surface area contributed by atoms with Crippen LogP contribution in [0.25, 0.3) is 16.7 Å². The highest BCUT2D eigenvalue weighted by Crippen LogP contribution is 2.25. The van der Waals surface area contributed by atoms with E-state index in [1.807, 2.05) is 74.7 Å². The van der Waals surface area contributed by atoms with Gasteiger partial charge in [-0.25, -0.2) is 9.78 Å². The lowest BCUT2D eigenvalue weighted by atomic mass is 9.93. The van der Waals surface area contributed by atoms with E-state index in [-0.39, 0.29) is 5.41 Å². The number of imidazole rings is 1. The maximum atomic E-state index is 12.3. The van der Waals surface area contributed by atoms with Crippen molar-refractivity contribution in [3.8, 4) is 11.4 Å². The van der Waals surface area contributed by atoms with Crippen LogP contribution < -0.4 is 15.4 Å². The number of nitrogens with one attached hydrogen (secondary N) is 2. The minimum Gasteiger partial charge on any atom is -0.494 e. The van der Waals surface area contributed by atoms with Gasteiger partial charge in [-0.05, 0) is 43.3 Å². The summed E-state index contributed by atoms with van der Waals surface area (Å²) in [6.07, 6.45) is 1.77. The molecule has 0 unspecified atom stereocenters. The summed E-state index contributed by atoms with van der Waals surface area (Å²) in [5.74, 6) is 1.87. The van der Waals surface area contributed by atoms with Gasteiger partial charge in [0.05, 0.1) is 17.6 Å². The molecule has 2 aromatic carbocycles. The molecule has 0 fully saturated rings. The molecule has 0 saturated heterocycles. The Morgan fingerprint density at radius 3 is 2.55 bits per heavy atom. The maximum Gasteiger partial charge on any atom is 0.324 e. The zero-order valence-electron chi connectivity index (χ0n) is 18.0. The van der Waals surface area contributed by atoms with Crippen molar-refractivity contribution in [2.45, 2.75) is 33.1 Å². The van der Waals surface area contributed by atoms with E-state index in [0.717, 1.165) is 22.5 Å². The van der Waals surface area contributed by atoms with E-state index in [1.54, 1.807) is 12.4 Å². The van der Waals surface area contributed by atoms with Crippen molar-refractivity contribution in [2.75, 3.05) is 17.2 Å². The third-order valence-electron chi connectivity index (χ3n) is 4.72. The number of hydrogen-bond acceptors (Lipinski definition) is 5. The van der Waals surface area contributed by atoms with Gasteiger partial charge < -0.3 is 14.6 Å². The van der Waals surface area contributed by atoms with Gasteiger partial charge in [-0.1, -0.05) is 25.9 Å². The Kier molecular flexibility index (Phi) is 5.37. The van der Waals surface area contributed by atoms with Gasteiger partial charge in [0.15, 0.2) is 5.82 Å². The number of amides is 2. The standard InChI is InChI=1S/C23H25N5O3/c1-5-30-17-10-11-19-18(12-17)24-14-28(19)16-8-6-15(7-9-16)25-22(29)26-21-13-20(31-27-21)23(2,3)4/h6-14H,5H2,1-4H3,(H2,25,26,27,29). The number of ether oxygens (including phenoxy) is 1. The number of nitrogens with zero attached hydrogens (tertiary/aromatic N) is 3. The first-order chi connectivity index (χ1) is 14.8. The lowest BCUT2D eigenvalue weighted by Gasteiger charge is -2.12. The smallest absolute Gasteiger partial charge is 0.324 e. The number of carbonyl (C=O) groups excluding carboxylic acids is 1. The van der Waals surface area contributed by atoms with Crippen molar-refractivity contribution in [3.05, 3.63) is 60.6 Å². The van der Waals surface area contributed by atoms with Crippen LogP contribution in [0.5, 0.6) is 5.75 Å². The number of rotatable bonds is 5. The summed E-state index contributed by atoms with van der Waals surface area (Å²) in [6, 6.07) is 14.7. The van der Waals surface area contributed by atoms with Gasteiger partial charge in [0.25, 0.3) is 0 Å². The van der Waals surface area contributed by atoms with E-state index >= 15 is 0 Å². The Bertz CT molecular complexity index is 1200. The third kappa shape index (κ3) is 4.53. The van der Waals surface area contributed by atoms with Gasteiger partial charge in [-0.2, -0.15) is 0 Å². The van der Waals surface area contributed by atoms with Gasteiger partial charge in [-0.15, -0.1) is 0 Å². The minimum absolute atomic E-state index is 0.179. The summed E-state index contributed by atoms with van der Waals surface area (Å²) in [5.41, 5.74) is 3.24. The number of anilines is 2. The van der Waals surface area contributed by atoms with E-state index in [1.165, 1.54) is 0 Å². The zero-order chi connectivity index (χ0) is 22.0. The largest absolute Gasteiger partial charge is 0.494 e. The number of hydrogen-bond donors (Lipinski definition) is 2. The Hall–Kier alpha value is -3.81. The molecule has 0 aliphatic carbocycles. The monoisotopic (exact) mass is 419 g/mol. The number of carbonyl (C=O) groups is 1. The predicted octanol–water partition coefficient (Wildman–Crippen LogP) is 5.35. The second-order valence-electron chi connectivity index (χ2n) is 8.15. The SMILES string of the molecule is CCOc1ccc2c(c1)ncn2-c1ccc(NC(=O)Nc2cc(C(C)(C)C)on2)cc1. The Balaban J connectivity index is 1.44. The average Bonchev–Trinajstić information content (AvgIpc) is 3.35. The second kappa shape index (κ2) is 8.14. The molecular weight excluding hydrogens is 394 g/mol. The summed E-state index contributed by atoms with van der Waals surface area (Å²) >= 11 is 0. The highest BCUT2D eigenvalue weighted by molar-refractivity contribution is 5.99. The first-order valence-corrected chi connectivity index (χ1v) is 10.1. The number of benzene rings is 2. The first kappa shape index (κ1) is 20.5. The molecule has 4 aromatic rings. The third-order valence-corrected chi connectivity index (χ3v) is 4.72. The molecule has 0 aliphatic heterocycles. The Labute approximate surface area is 180 Å². The molecule has 4 rings (SSSR count). The lowest BCUT2D eigenvalue weighted by molar-refractivity contribution is 0.262. The fourth-order valence-electron chi connectivity index (χ4n) is 3.13. The quantitative estimate of drug-likeness (QED) is 0.454. The van der Waals surface area contributed by atoms with Crippen LogP contribution in [-0.2, 0) is 5.41 Å². The van der Waals surface area contributed by atoms with Crippen LogP contribution in [0.3, 0.4) is 0 Å². The molecule has 0 spiro atoms. The van der Waals surface area contributed by atoms with Gasteiger partial charge in [-0.3, -0.25) is 9.88 Å². The van der Waals surface area contributed by atoms with E-state index in [4.69, 9.17) is 9.26 Å². The van der Waals surface area contributed by atoms with Crippen LogP contribution in [-0.4, -0.2) is 27.3 Å². The van der Waals surface area contributed by atoms with Crippen molar-refractivity contribution in [3.63, 3.8) is 0 Å². The molecule has 8 nitrogen and oxygen atoms in total. The van der Waals surface area contributed by atoms with E-state index in [0.29, 0.717) is 23.9 Å². The molecule has 2 aromatic heterocycles. The van der Waals surface area contributed by atoms with Gasteiger partial charge >= 0.3 is 6.03 Å². The molecule has 2 N–H and O–H groups in total.